The van der Waals surface area contributed by atoms with E-state index in [9.17, 15) is 29.2 Å². The average Bonchev–Trinajstić information content (AvgIpc) is 3.70. The second kappa shape index (κ2) is 15.3. The predicted octanol–water partition coefficient (Wildman–Crippen LogP) is 12.5. The average molecular weight is 847 g/mol. The van der Waals surface area contributed by atoms with Gasteiger partial charge < -0.3 is 20.4 Å². The van der Waals surface area contributed by atoms with Crippen molar-refractivity contribution in [3.8, 4) is 0 Å². The third-order valence-corrected chi connectivity index (χ3v) is 21.2. The van der Waals surface area contributed by atoms with Crippen molar-refractivity contribution in [2.45, 2.75) is 219 Å². The van der Waals surface area contributed by atoms with Crippen LogP contribution in [0.15, 0.2) is 23.3 Å². The highest BCUT2D eigenvalue weighted by Gasteiger charge is 2.63. The Kier molecular flexibility index (Phi) is 11.6. The summed E-state index contributed by atoms with van der Waals surface area (Å²) in [4.78, 5) is 0. The van der Waals surface area contributed by atoms with Crippen molar-refractivity contribution in [1.82, 2.24) is 0 Å². The number of aliphatic hydroxyl groups excluding tert-OH is 2. The Labute approximate surface area is 360 Å². The Morgan fingerprint density at radius 2 is 1.08 bits per heavy atom. The van der Waals surface area contributed by atoms with Gasteiger partial charge in [-0.3, -0.25) is 0 Å². The number of rotatable bonds is 11. The first kappa shape index (κ1) is 45.6. The molecule has 18 atom stereocenters. The Morgan fingerprint density at radius 1 is 0.600 bits per heavy atom. The van der Waals surface area contributed by atoms with Gasteiger partial charge in [0.1, 0.15) is 12.2 Å². The molecular formula is C52H82F4O4. The van der Waals surface area contributed by atoms with Crippen LogP contribution < -0.4 is 0 Å². The summed E-state index contributed by atoms with van der Waals surface area (Å²) in [5.74, 6) is -3.78. The van der Waals surface area contributed by atoms with E-state index < -0.39 is 35.3 Å². The van der Waals surface area contributed by atoms with Gasteiger partial charge in [-0.2, -0.15) is 0 Å². The summed E-state index contributed by atoms with van der Waals surface area (Å²) >= 11 is 0. The largest absolute Gasteiger partial charge is 0.390 e. The van der Waals surface area contributed by atoms with Gasteiger partial charge in [0.2, 0.25) is 0 Å². The van der Waals surface area contributed by atoms with Crippen LogP contribution in [0.25, 0.3) is 0 Å². The van der Waals surface area contributed by atoms with Crippen LogP contribution in [0.3, 0.4) is 0 Å². The molecule has 0 aromatic carbocycles. The van der Waals surface area contributed by atoms with Crippen molar-refractivity contribution < 1.29 is 38.0 Å². The lowest BCUT2D eigenvalue weighted by atomic mass is 9.45. The molecule has 0 aromatic rings. The first-order chi connectivity index (χ1) is 27.8. The molecule has 6 fully saturated rings. The normalized spacial score (nSPS) is 48.5. The predicted molar refractivity (Wildman–Crippen MR) is 230 cm³/mol. The molecule has 0 aliphatic heterocycles. The highest BCUT2D eigenvalue weighted by Crippen LogP contribution is 2.70. The minimum Gasteiger partial charge on any atom is -0.390 e. The van der Waals surface area contributed by atoms with Crippen LogP contribution in [0.2, 0.25) is 0 Å². The first-order valence-electron chi connectivity index (χ1n) is 24.7. The van der Waals surface area contributed by atoms with Gasteiger partial charge >= 0.3 is 0 Å². The second-order valence-electron chi connectivity index (χ2n) is 24.7. The van der Waals surface area contributed by atoms with E-state index >= 15 is 8.78 Å². The molecule has 8 aliphatic rings. The number of halogens is 4. The van der Waals surface area contributed by atoms with E-state index in [4.69, 9.17) is 0 Å². The van der Waals surface area contributed by atoms with Gasteiger partial charge in [-0.15, -0.1) is 0 Å². The van der Waals surface area contributed by atoms with E-state index in [0.717, 1.165) is 89.9 Å². The smallest absolute Gasteiger partial charge is 0.273 e. The highest BCUT2D eigenvalue weighted by molar-refractivity contribution is 5.29. The van der Waals surface area contributed by atoms with Crippen molar-refractivity contribution in [3.63, 3.8) is 0 Å². The van der Waals surface area contributed by atoms with Crippen LogP contribution in [0, 0.1) is 80.8 Å². The minimum atomic E-state index is -3.21. The molecule has 6 saturated carbocycles. The number of allylic oxidation sites excluding steroid dienone is 2. The van der Waals surface area contributed by atoms with Crippen molar-refractivity contribution in [1.29, 1.82) is 0 Å². The standard InChI is InChI=1S/C52H82F4O4/c1-31(27-51(53,54)33(3)57)38-14-16-41-37-12-10-35-30-46(5,60)24-26-50(35,43(37)18-21-49(38,41)8)22-19-44(58)52(55,56)28-32(2)39-13-15-40-36-11-9-34-29-45(4,59)23-25-47(34,6)42(36)17-20-48(39,40)7/h9-10,31-33,36-44,57-60H,11-30H2,1-8H3/t31-,32-,33-,36+,37+,38-,39-,40+,41+,42+,43+,44+,45+,46+,47+,48-,49-,50+/m1/s1. The number of hydrogen-bond acceptors (Lipinski definition) is 4. The number of fused-ring (bicyclic) bond motifs is 10. The molecule has 0 aromatic heterocycles. The lowest BCUT2D eigenvalue weighted by Gasteiger charge is -2.60. The molecule has 4 nitrogen and oxygen atoms in total. The van der Waals surface area contributed by atoms with E-state index in [-0.39, 0.29) is 70.5 Å². The summed E-state index contributed by atoms with van der Waals surface area (Å²) in [5.41, 5.74) is 0.893. The van der Waals surface area contributed by atoms with Gasteiger partial charge in [-0.1, -0.05) is 57.9 Å². The molecule has 4 N–H and O–H groups in total. The van der Waals surface area contributed by atoms with Crippen LogP contribution in [-0.4, -0.2) is 55.7 Å². The van der Waals surface area contributed by atoms with Gasteiger partial charge in [0.25, 0.3) is 11.8 Å². The fraction of sp³-hybridized carbons (Fsp3) is 0.923. The van der Waals surface area contributed by atoms with Crippen LogP contribution in [0.4, 0.5) is 17.6 Å². The monoisotopic (exact) mass is 847 g/mol. The van der Waals surface area contributed by atoms with E-state index in [1.807, 2.05) is 27.7 Å². The summed E-state index contributed by atoms with van der Waals surface area (Å²) in [5, 5.41) is 43.6. The summed E-state index contributed by atoms with van der Waals surface area (Å²) in [6, 6.07) is 0. The molecule has 60 heavy (non-hydrogen) atoms. The molecule has 0 saturated heterocycles. The van der Waals surface area contributed by atoms with E-state index in [2.05, 4.69) is 32.9 Å². The minimum absolute atomic E-state index is 0.0168. The molecule has 8 rings (SSSR count). The van der Waals surface area contributed by atoms with Crippen LogP contribution in [0.5, 0.6) is 0 Å². The molecule has 8 heteroatoms. The molecule has 0 amide bonds. The van der Waals surface area contributed by atoms with Gasteiger partial charge in [0.15, 0.2) is 0 Å². The van der Waals surface area contributed by atoms with Gasteiger partial charge in [0, 0.05) is 12.8 Å². The van der Waals surface area contributed by atoms with Crippen LogP contribution >= 0.6 is 0 Å². The third kappa shape index (κ3) is 7.45. The van der Waals surface area contributed by atoms with Crippen molar-refractivity contribution >= 4 is 0 Å². The lowest BCUT2D eigenvalue weighted by molar-refractivity contribution is -0.141. The van der Waals surface area contributed by atoms with Gasteiger partial charge in [0.05, 0.1) is 11.2 Å². The van der Waals surface area contributed by atoms with E-state index in [1.165, 1.54) is 18.1 Å². The summed E-state index contributed by atoms with van der Waals surface area (Å²) in [6.07, 6.45) is 15.6. The number of hydrogen-bond donors (Lipinski definition) is 4. The fourth-order valence-corrected chi connectivity index (χ4v) is 17.9. The van der Waals surface area contributed by atoms with Crippen molar-refractivity contribution in [2.75, 3.05) is 0 Å². The van der Waals surface area contributed by atoms with Crippen LogP contribution in [0.1, 0.15) is 184 Å². The summed E-state index contributed by atoms with van der Waals surface area (Å²) in [7, 11) is 0. The second-order valence-corrected chi connectivity index (χ2v) is 24.7. The molecule has 0 heterocycles. The molecule has 342 valence electrons. The zero-order chi connectivity index (χ0) is 43.6. The Hall–Kier alpha value is -0.960. The fourth-order valence-electron chi connectivity index (χ4n) is 17.9. The summed E-state index contributed by atoms with van der Waals surface area (Å²) < 4.78 is 62.8. The molecule has 0 spiro atoms. The number of alkyl halides is 4. The van der Waals surface area contributed by atoms with Crippen molar-refractivity contribution in [2.24, 2.45) is 80.8 Å². The first-order valence-corrected chi connectivity index (χ1v) is 24.7. The topological polar surface area (TPSA) is 80.9 Å². The molecule has 8 aliphatic carbocycles. The van der Waals surface area contributed by atoms with Crippen LogP contribution in [-0.2, 0) is 0 Å². The molecule has 0 bridgehead atoms. The Balaban J connectivity index is 0.948. The zero-order valence-corrected chi connectivity index (χ0v) is 38.5. The maximum absolute atomic E-state index is 16.6. The van der Waals surface area contributed by atoms with Gasteiger partial charge in [-0.05, 0) is 217 Å². The van der Waals surface area contributed by atoms with Gasteiger partial charge in [-0.25, -0.2) is 17.6 Å². The number of aliphatic hydroxyl groups is 4. The van der Waals surface area contributed by atoms with Crippen molar-refractivity contribution in [3.05, 3.63) is 23.3 Å². The maximum atomic E-state index is 16.6. The maximum Gasteiger partial charge on any atom is 0.273 e. The lowest BCUT2D eigenvalue weighted by Crippen LogP contribution is -2.53. The van der Waals surface area contributed by atoms with E-state index in [0.29, 0.717) is 48.9 Å². The molecular weight excluding hydrogens is 765 g/mol. The quantitative estimate of drug-likeness (QED) is 0.123. The molecule has 0 radical (unpaired) electrons. The Bertz CT molecular complexity index is 1670. The Morgan fingerprint density at radius 3 is 1.65 bits per heavy atom. The highest BCUT2D eigenvalue weighted by atomic mass is 19.3. The summed E-state index contributed by atoms with van der Waals surface area (Å²) in [6.45, 7) is 16.2. The van der Waals surface area contributed by atoms with E-state index in [1.54, 1.807) is 0 Å². The SMILES string of the molecule is C[C@H](CC(F)(F)[C@@H](C)O)[C@H]1CC[C@H]2[C@@H]3CC=C4C[C@@](C)(O)CC[C@]4(CC[C@H](O)C(F)(F)C[C@@H](C)[C@H]4CC[C@H]5[C@@H]6CC=C7C[C@@](C)(O)CC[C@]7(C)[C@H]6CC[C@]45C)[C@H]3CC[C@]12C. The molecule has 0 unspecified atom stereocenters. The third-order valence-electron chi connectivity index (χ3n) is 21.2. The zero-order valence-electron chi connectivity index (χ0n) is 38.5.